The van der Waals surface area contributed by atoms with Gasteiger partial charge in [-0.15, -0.1) is 0 Å². The maximum atomic E-state index is 11.7. The highest BCUT2D eigenvalue weighted by Crippen LogP contribution is 2.10. The van der Waals surface area contributed by atoms with Gasteiger partial charge < -0.3 is 4.74 Å². The summed E-state index contributed by atoms with van der Waals surface area (Å²) in [5, 5.41) is 0.164. The molecule has 1 aliphatic heterocycles. The maximum Gasteiger partial charge on any atom is 0.364 e. The number of thiocarbonyl (C=S) groups is 1. The SMILES string of the molecule is CC1=NC(=S)N=C1C(=O)Oc1ccccc1. The van der Waals surface area contributed by atoms with Crippen LogP contribution in [0, 0.1) is 0 Å². The number of rotatable bonds is 2. The molecule has 2 rings (SSSR count). The largest absolute Gasteiger partial charge is 0.422 e. The second-order valence-electron chi connectivity index (χ2n) is 3.14. The summed E-state index contributed by atoms with van der Waals surface area (Å²) < 4.78 is 5.11. The van der Waals surface area contributed by atoms with Gasteiger partial charge in [-0.1, -0.05) is 18.2 Å². The number of benzene rings is 1. The molecule has 5 heteroatoms. The van der Waals surface area contributed by atoms with Gasteiger partial charge in [0.25, 0.3) is 0 Å². The van der Waals surface area contributed by atoms with Gasteiger partial charge >= 0.3 is 5.97 Å². The van der Waals surface area contributed by atoms with Crippen molar-refractivity contribution >= 4 is 34.7 Å². The minimum Gasteiger partial charge on any atom is -0.422 e. The molecule has 4 nitrogen and oxygen atoms in total. The molecule has 0 amide bonds. The van der Waals surface area contributed by atoms with Crippen molar-refractivity contribution in [3.8, 4) is 5.75 Å². The third-order valence-electron chi connectivity index (χ3n) is 1.96. The Morgan fingerprint density at radius 3 is 2.50 bits per heavy atom. The van der Waals surface area contributed by atoms with Crippen molar-refractivity contribution in [2.24, 2.45) is 9.98 Å². The molecule has 0 fully saturated rings. The van der Waals surface area contributed by atoms with Crippen LogP contribution in [-0.4, -0.2) is 22.5 Å². The van der Waals surface area contributed by atoms with Gasteiger partial charge in [-0.25, -0.2) is 14.8 Å². The summed E-state index contributed by atoms with van der Waals surface area (Å²) in [6, 6.07) is 8.79. The molecule has 0 saturated heterocycles. The lowest BCUT2D eigenvalue weighted by molar-refractivity contribution is -0.126. The Morgan fingerprint density at radius 2 is 1.94 bits per heavy atom. The van der Waals surface area contributed by atoms with E-state index < -0.39 is 5.97 Å². The number of carbonyl (C=O) groups excluding carboxylic acids is 1. The highest BCUT2D eigenvalue weighted by Gasteiger charge is 2.22. The summed E-state index contributed by atoms with van der Waals surface area (Å²) in [5.41, 5.74) is 0.666. The van der Waals surface area contributed by atoms with Crippen LogP contribution in [0.4, 0.5) is 0 Å². The van der Waals surface area contributed by atoms with Crippen LogP contribution in [0.5, 0.6) is 5.75 Å². The first kappa shape index (κ1) is 10.6. The van der Waals surface area contributed by atoms with Gasteiger partial charge in [-0.3, -0.25) is 0 Å². The monoisotopic (exact) mass is 232 g/mol. The van der Waals surface area contributed by atoms with E-state index in [1.807, 2.05) is 6.07 Å². The Bertz CT molecular complexity index is 506. The van der Waals surface area contributed by atoms with Gasteiger partial charge in [-0.05, 0) is 31.3 Å². The summed E-state index contributed by atoms with van der Waals surface area (Å²) in [6.07, 6.45) is 0. The first-order chi connectivity index (χ1) is 7.66. The van der Waals surface area contributed by atoms with E-state index >= 15 is 0 Å². The smallest absolute Gasteiger partial charge is 0.364 e. The molecule has 0 radical (unpaired) electrons. The molecule has 1 aromatic carbocycles. The van der Waals surface area contributed by atoms with Gasteiger partial charge in [0.1, 0.15) is 5.75 Å². The van der Waals surface area contributed by atoms with E-state index in [1.54, 1.807) is 31.2 Å². The molecule has 0 unspecified atom stereocenters. The molecule has 1 aliphatic rings. The summed E-state index contributed by atoms with van der Waals surface area (Å²) in [4.78, 5) is 19.4. The van der Waals surface area contributed by atoms with Crippen LogP contribution in [0.25, 0.3) is 0 Å². The van der Waals surface area contributed by atoms with Crippen molar-refractivity contribution in [2.75, 3.05) is 0 Å². The molecular weight excluding hydrogens is 224 g/mol. The quantitative estimate of drug-likeness (QED) is 0.444. The molecule has 80 valence electrons. The van der Waals surface area contributed by atoms with Crippen LogP contribution in [0.1, 0.15) is 6.92 Å². The predicted molar refractivity (Wildman–Crippen MR) is 65.2 cm³/mol. The number of ether oxygens (including phenoxy) is 1. The Kier molecular flexibility index (Phi) is 2.87. The fourth-order valence-corrected chi connectivity index (χ4v) is 1.46. The Balaban J connectivity index is 2.14. The van der Waals surface area contributed by atoms with E-state index in [-0.39, 0.29) is 10.8 Å². The predicted octanol–water partition coefficient (Wildman–Crippen LogP) is 1.79. The van der Waals surface area contributed by atoms with Gasteiger partial charge in [-0.2, -0.15) is 0 Å². The van der Waals surface area contributed by atoms with Gasteiger partial charge in [0.2, 0.25) is 5.11 Å². The third-order valence-corrected chi connectivity index (χ3v) is 2.14. The average molecular weight is 232 g/mol. The summed E-state index contributed by atoms with van der Waals surface area (Å²) in [5.74, 6) is -0.0619. The van der Waals surface area contributed by atoms with Crippen molar-refractivity contribution in [3.05, 3.63) is 30.3 Å². The van der Waals surface area contributed by atoms with Gasteiger partial charge in [0.15, 0.2) is 5.71 Å². The van der Waals surface area contributed by atoms with Crippen molar-refractivity contribution < 1.29 is 9.53 Å². The lowest BCUT2D eigenvalue weighted by Gasteiger charge is -2.02. The zero-order valence-corrected chi connectivity index (χ0v) is 9.32. The second kappa shape index (κ2) is 4.32. The van der Waals surface area contributed by atoms with E-state index in [1.165, 1.54) is 0 Å². The summed E-state index contributed by atoms with van der Waals surface area (Å²) in [7, 11) is 0. The Labute approximate surface area is 97.7 Å². The van der Waals surface area contributed by atoms with Crippen molar-refractivity contribution in [3.63, 3.8) is 0 Å². The minimum absolute atomic E-state index is 0.164. The van der Waals surface area contributed by atoms with Crippen LogP contribution < -0.4 is 4.74 Å². The highest BCUT2D eigenvalue weighted by molar-refractivity contribution is 7.80. The normalized spacial score (nSPS) is 14.4. The van der Waals surface area contributed by atoms with Gasteiger partial charge in [0, 0.05) is 0 Å². The third kappa shape index (κ3) is 2.20. The number of para-hydroxylation sites is 1. The topological polar surface area (TPSA) is 51.0 Å². The maximum absolute atomic E-state index is 11.7. The summed E-state index contributed by atoms with van der Waals surface area (Å²) in [6.45, 7) is 1.67. The second-order valence-corrected chi connectivity index (χ2v) is 3.51. The van der Waals surface area contributed by atoms with E-state index in [0.29, 0.717) is 11.5 Å². The molecule has 0 aliphatic carbocycles. The number of hydrogen-bond donors (Lipinski definition) is 0. The molecule has 0 saturated carbocycles. The van der Waals surface area contributed by atoms with E-state index in [9.17, 15) is 4.79 Å². The standard InChI is InChI=1S/C11H8N2O2S/c1-7-9(13-11(16)12-7)10(14)15-8-5-3-2-4-6-8/h2-6H,1H3. The number of aliphatic imine (C=N–C) groups is 2. The van der Waals surface area contributed by atoms with E-state index in [0.717, 1.165) is 0 Å². The lowest BCUT2D eigenvalue weighted by Crippen LogP contribution is -2.24. The van der Waals surface area contributed by atoms with Crippen LogP contribution in [0.2, 0.25) is 0 Å². The van der Waals surface area contributed by atoms with E-state index in [2.05, 4.69) is 9.98 Å². The fraction of sp³-hybridized carbons (Fsp3) is 0.0909. The summed E-state index contributed by atoms with van der Waals surface area (Å²) >= 11 is 4.77. The lowest BCUT2D eigenvalue weighted by atomic mass is 10.2. The zero-order chi connectivity index (χ0) is 11.5. The minimum atomic E-state index is -0.535. The first-order valence-electron chi connectivity index (χ1n) is 4.62. The van der Waals surface area contributed by atoms with E-state index in [4.69, 9.17) is 17.0 Å². The zero-order valence-electron chi connectivity index (χ0n) is 8.51. The molecule has 0 aromatic heterocycles. The average Bonchev–Trinajstić information content (AvgIpc) is 2.59. The van der Waals surface area contributed by atoms with Crippen LogP contribution in [0.15, 0.2) is 40.3 Å². The molecule has 0 N–H and O–H groups in total. The Hall–Kier alpha value is -1.88. The number of hydrogen-bond acceptors (Lipinski definition) is 3. The molecule has 1 aromatic rings. The fourth-order valence-electron chi connectivity index (χ4n) is 1.24. The number of carbonyl (C=O) groups is 1. The van der Waals surface area contributed by atoms with Crippen molar-refractivity contribution in [2.45, 2.75) is 6.92 Å². The van der Waals surface area contributed by atoms with Crippen LogP contribution in [0.3, 0.4) is 0 Å². The Morgan fingerprint density at radius 1 is 1.25 bits per heavy atom. The molecule has 0 atom stereocenters. The number of nitrogens with zero attached hydrogens (tertiary/aromatic N) is 2. The highest BCUT2D eigenvalue weighted by atomic mass is 32.1. The van der Waals surface area contributed by atoms with Crippen LogP contribution >= 0.6 is 12.2 Å². The number of esters is 1. The molecule has 0 bridgehead atoms. The first-order valence-corrected chi connectivity index (χ1v) is 5.03. The molecule has 1 heterocycles. The van der Waals surface area contributed by atoms with Gasteiger partial charge in [0.05, 0.1) is 5.71 Å². The van der Waals surface area contributed by atoms with Crippen molar-refractivity contribution in [1.29, 1.82) is 0 Å². The van der Waals surface area contributed by atoms with Crippen LogP contribution in [-0.2, 0) is 4.79 Å². The molecule has 0 spiro atoms. The molecular formula is C11H8N2O2S. The molecule has 16 heavy (non-hydrogen) atoms. The van der Waals surface area contributed by atoms with Crippen molar-refractivity contribution in [1.82, 2.24) is 0 Å².